The van der Waals surface area contributed by atoms with E-state index in [1.54, 1.807) is 18.2 Å². The van der Waals surface area contributed by atoms with Crippen LogP contribution in [0.4, 0.5) is 5.69 Å². The first-order chi connectivity index (χ1) is 14.2. The third kappa shape index (κ3) is 5.57. The number of fused-ring (bicyclic) bond motifs is 1. The van der Waals surface area contributed by atoms with Gasteiger partial charge in [-0.2, -0.15) is 0 Å². The Hall–Kier alpha value is -1.94. The highest BCUT2D eigenvalue weighted by molar-refractivity contribution is 6.34. The molecule has 1 N–H and O–H groups in total. The molecule has 0 spiro atoms. The molecule has 0 unspecified atom stereocenters. The maximum absolute atomic E-state index is 6.01. The van der Waals surface area contributed by atoms with Gasteiger partial charge in [0.2, 0.25) is 0 Å². The summed E-state index contributed by atoms with van der Waals surface area (Å²) in [7, 11) is 0. The molecule has 5 heteroatoms. The summed E-state index contributed by atoms with van der Waals surface area (Å²) in [6.45, 7) is 3.96. The molecule has 0 amide bonds. The normalized spacial score (nSPS) is 15.5. The summed E-state index contributed by atoms with van der Waals surface area (Å²) >= 11 is 12.0. The molecule has 1 heterocycles. The topological polar surface area (TPSA) is 24.5 Å². The number of hydrogen-bond acceptors (Lipinski definition) is 3. The lowest BCUT2D eigenvalue weighted by molar-refractivity contribution is 0.198. The van der Waals surface area contributed by atoms with E-state index in [1.165, 1.54) is 16.5 Å². The van der Waals surface area contributed by atoms with Crippen molar-refractivity contribution in [2.45, 2.75) is 25.3 Å². The van der Waals surface area contributed by atoms with Crippen molar-refractivity contribution in [1.29, 1.82) is 0 Å². The zero-order valence-electron chi connectivity index (χ0n) is 16.4. The Bertz CT molecular complexity index is 929. The van der Waals surface area contributed by atoms with Gasteiger partial charge in [-0.3, -0.25) is 0 Å². The first-order valence-electron chi connectivity index (χ1n) is 10.2. The van der Waals surface area contributed by atoms with Gasteiger partial charge in [0.05, 0.1) is 6.61 Å². The monoisotopic (exact) mass is 428 g/mol. The molecule has 0 atom stereocenters. The van der Waals surface area contributed by atoms with Crippen LogP contribution in [0, 0.1) is 0 Å². The van der Waals surface area contributed by atoms with Crippen LogP contribution in [0.5, 0.6) is 5.75 Å². The third-order valence-electron chi connectivity index (χ3n) is 5.46. The van der Waals surface area contributed by atoms with E-state index in [0.717, 1.165) is 44.6 Å². The van der Waals surface area contributed by atoms with Crippen LogP contribution in [0.15, 0.2) is 60.7 Å². The molecule has 0 radical (unpaired) electrons. The van der Waals surface area contributed by atoms with Gasteiger partial charge < -0.3 is 15.0 Å². The molecule has 1 aliphatic rings. The lowest BCUT2D eigenvalue weighted by atomic mass is 10.0. The van der Waals surface area contributed by atoms with E-state index in [2.05, 4.69) is 52.7 Å². The minimum absolute atomic E-state index is 0.530. The molecule has 4 rings (SSSR count). The molecule has 1 aliphatic heterocycles. The van der Waals surface area contributed by atoms with Crippen LogP contribution in [-0.2, 0) is 0 Å². The van der Waals surface area contributed by atoms with Gasteiger partial charge in [-0.25, -0.2) is 0 Å². The predicted octanol–water partition coefficient (Wildman–Crippen LogP) is 6.49. The van der Waals surface area contributed by atoms with Gasteiger partial charge in [-0.05, 0) is 48.9 Å². The molecule has 29 heavy (non-hydrogen) atoms. The maximum atomic E-state index is 6.01. The summed E-state index contributed by atoms with van der Waals surface area (Å²) in [4.78, 5) is 2.52. The van der Waals surface area contributed by atoms with Gasteiger partial charge in [0, 0.05) is 46.8 Å². The highest BCUT2D eigenvalue weighted by Gasteiger charge is 2.19. The summed E-state index contributed by atoms with van der Waals surface area (Å²) in [6, 6.07) is 20.9. The summed E-state index contributed by atoms with van der Waals surface area (Å²) in [5, 5.41) is 7.57. The average Bonchev–Trinajstić information content (AvgIpc) is 2.72. The van der Waals surface area contributed by atoms with Gasteiger partial charge in [-0.15, -0.1) is 0 Å². The Kier molecular flexibility index (Phi) is 6.81. The molecular weight excluding hydrogens is 403 g/mol. The Morgan fingerprint density at radius 2 is 1.66 bits per heavy atom. The van der Waals surface area contributed by atoms with Crippen molar-refractivity contribution < 1.29 is 4.74 Å². The summed E-state index contributed by atoms with van der Waals surface area (Å²) in [5.74, 6) is 0.737. The van der Waals surface area contributed by atoms with Crippen LogP contribution in [-0.4, -0.2) is 37.2 Å². The van der Waals surface area contributed by atoms with Crippen LogP contribution in [0.25, 0.3) is 10.8 Å². The molecule has 0 bridgehead atoms. The smallest absolute Gasteiger partial charge is 0.122 e. The van der Waals surface area contributed by atoms with Crippen molar-refractivity contribution in [1.82, 2.24) is 4.90 Å². The van der Waals surface area contributed by atoms with Crippen molar-refractivity contribution in [3.05, 3.63) is 70.7 Å². The number of hydrogen-bond donors (Lipinski definition) is 1. The van der Waals surface area contributed by atoms with Gasteiger partial charge in [0.1, 0.15) is 5.75 Å². The highest BCUT2D eigenvalue weighted by atomic mass is 35.5. The van der Waals surface area contributed by atoms with E-state index in [0.29, 0.717) is 22.7 Å². The fraction of sp³-hybridized carbons (Fsp3) is 0.333. The molecular formula is C24H26Cl2N2O. The Morgan fingerprint density at radius 1 is 0.931 bits per heavy atom. The average molecular weight is 429 g/mol. The Balaban J connectivity index is 1.20. The molecule has 1 saturated heterocycles. The summed E-state index contributed by atoms with van der Waals surface area (Å²) in [5.41, 5.74) is 1.25. The third-order valence-corrected chi connectivity index (χ3v) is 5.90. The first-order valence-corrected chi connectivity index (χ1v) is 11.0. The van der Waals surface area contributed by atoms with E-state index in [9.17, 15) is 0 Å². The molecule has 3 aromatic carbocycles. The number of anilines is 1. The number of halogens is 2. The van der Waals surface area contributed by atoms with Crippen LogP contribution < -0.4 is 10.1 Å². The summed E-state index contributed by atoms with van der Waals surface area (Å²) < 4.78 is 5.79. The number of nitrogens with one attached hydrogen (secondary N) is 1. The second-order valence-corrected chi connectivity index (χ2v) is 8.47. The van der Waals surface area contributed by atoms with Crippen molar-refractivity contribution >= 4 is 39.7 Å². The zero-order valence-corrected chi connectivity index (χ0v) is 17.9. The molecule has 0 saturated carbocycles. The minimum atomic E-state index is 0.530. The van der Waals surface area contributed by atoms with Crippen LogP contribution in [0.1, 0.15) is 19.3 Å². The van der Waals surface area contributed by atoms with E-state index in [1.807, 2.05) is 0 Å². The van der Waals surface area contributed by atoms with Crippen molar-refractivity contribution in [2.24, 2.45) is 0 Å². The number of benzene rings is 3. The summed E-state index contributed by atoms with van der Waals surface area (Å²) in [6.07, 6.45) is 3.31. The number of likely N-dealkylation sites (tertiary alicyclic amines) is 1. The maximum Gasteiger partial charge on any atom is 0.122 e. The SMILES string of the molecule is Clc1cc(Cl)cc(OCCCN2CCC(Nc3cccc4ccccc34)CC2)c1. The van der Waals surface area contributed by atoms with Gasteiger partial charge >= 0.3 is 0 Å². The fourth-order valence-electron chi connectivity index (χ4n) is 3.96. The van der Waals surface area contributed by atoms with Crippen LogP contribution in [0.3, 0.4) is 0 Å². The predicted molar refractivity (Wildman–Crippen MR) is 124 cm³/mol. The van der Waals surface area contributed by atoms with E-state index < -0.39 is 0 Å². The molecule has 1 fully saturated rings. The molecule has 3 nitrogen and oxygen atoms in total. The molecule has 0 aromatic heterocycles. The molecule has 152 valence electrons. The lowest BCUT2D eigenvalue weighted by Crippen LogP contribution is -2.39. The van der Waals surface area contributed by atoms with Gasteiger partial charge in [-0.1, -0.05) is 59.6 Å². The largest absolute Gasteiger partial charge is 0.493 e. The van der Waals surface area contributed by atoms with Crippen molar-refractivity contribution in [3.8, 4) is 5.75 Å². The standard InChI is InChI=1S/C24H26Cl2N2O/c25-19-15-20(26)17-22(16-19)29-14-4-11-28-12-9-21(10-13-28)27-24-8-3-6-18-5-1-2-7-23(18)24/h1-3,5-8,15-17,21,27H,4,9-14H2. The lowest BCUT2D eigenvalue weighted by Gasteiger charge is -2.33. The second-order valence-electron chi connectivity index (χ2n) is 7.59. The van der Waals surface area contributed by atoms with E-state index in [4.69, 9.17) is 27.9 Å². The Labute approximate surface area is 182 Å². The van der Waals surface area contributed by atoms with Crippen molar-refractivity contribution in [3.63, 3.8) is 0 Å². The molecule has 3 aromatic rings. The van der Waals surface area contributed by atoms with Gasteiger partial charge in [0.25, 0.3) is 0 Å². The zero-order chi connectivity index (χ0) is 20.1. The number of nitrogens with zero attached hydrogens (tertiary/aromatic N) is 1. The molecule has 0 aliphatic carbocycles. The first kappa shape index (κ1) is 20.3. The van der Waals surface area contributed by atoms with Crippen LogP contribution in [0.2, 0.25) is 10.0 Å². The fourth-order valence-corrected chi connectivity index (χ4v) is 4.47. The quantitative estimate of drug-likeness (QED) is 0.435. The Morgan fingerprint density at radius 3 is 2.45 bits per heavy atom. The highest BCUT2D eigenvalue weighted by Crippen LogP contribution is 2.26. The number of rotatable bonds is 7. The number of piperidine rings is 1. The minimum Gasteiger partial charge on any atom is -0.493 e. The van der Waals surface area contributed by atoms with Crippen LogP contribution >= 0.6 is 23.2 Å². The van der Waals surface area contributed by atoms with E-state index in [-0.39, 0.29) is 0 Å². The second kappa shape index (κ2) is 9.71. The van der Waals surface area contributed by atoms with Gasteiger partial charge in [0.15, 0.2) is 0 Å². The number of ether oxygens (including phenoxy) is 1. The van der Waals surface area contributed by atoms with Crippen molar-refractivity contribution in [2.75, 3.05) is 31.6 Å². The van der Waals surface area contributed by atoms with E-state index >= 15 is 0 Å².